The number of nitrogens with zero attached hydrogens (tertiary/aromatic N) is 1. The maximum absolute atomic E-state index is 12.3. The summed E-state index contributed by atoms with van der Waals surface area (Å²) in [5, 5.41) is 2.99. The van der Waals surface area contributed by atoms with Crippen LogP contribution in [0.15, 0.2) is 54.6 Å². The van der Waals surface area contributed by atoms with E-state index in [1.165, 1.54) is 17.0 Å². The number of carbonyl (C=O) groups is 1. The summed E-state index contributed by atoms with van der Waals surface area (Å²) >= 11 is 0. The van der Waals surface area contributed by atoms with Crippen LogP contribution in [-0.4, -0.2) is 40.3 Å². The summed E-state index contributed by atoms with van der Waals surface area (Å²) in [6.07, 6.45) is 3.59. The molecule has 0 bridgehead atoms. The highest BCUT2D eigenvalue weighted by molar-refractivity contribution is 7.92. The standard InChI is InChI=1S/C22H30N2O4S/c1-18(15-16-19-10-5-4-6-11-19)23-22(25)14-9-17-24(29(3,26)27)20-12-7-8-13-21(20)28-2/h4-8,10-13,18H,9,14-17H2,1-3H3,(H,23,25). The van der Waals surface area contributed by atoms with Crippen molar-refractivity contribution < 1.29 is 17.9 Å². The lowest BCUT2D eigenvalue weighted by molar-refractivity contribution is -0.121. The molecule has 0 heterocycles. The molecule has 158 valence electrons. The number of hydrogen-bond acceptors (Lipinski definition) is 4. The molecule has 1 amide bonds. The van der Waals surface area contributed by atoms with Crippen LogP contribution in [0.2, 0.25) is 0 Å². The predicted octanol–water partition coefficient (Wildman–Crippen LogP) is 3.38. The van der Waals surface area contributed by atoms with Gasteiger partial charge in [0.25, 0.3) is 0 Å². The molecule has 29 heavy (non-hydrogen) atoms. The number of rotatable bonds is 11. The van der Waals surface area contributed by atoms with Gasteiger partial charge in [-0.2, -0.15) is 0 Å². The highest BCUT2D eigenvalue weighted by atomic mass is 32.2. The number of nitrogens with one attached hydrogen (secondary N) is 1. The molecule has 0 saturated heterocycles. The molecule has 7 heteroatoms. The minimum atomic E-state index is -3.49. The van der Waals surface area contributed by atoms with Crippen LogP contribution < -0.4 is 14.4 Å². The van der Waals surface area contributed by atoms with Crippen molar-refractivity contribution in [1.82, 2.24) is 5.32 Å². The number of methoxy groups -OCH3 is 1. The van der Waals surface area contributed by atoms with E-state index in [1.54, 1.807) is 24.3 Å². The van der Waals surface area contributed by atoms with E-state index >= 15 is 0 Å². The number of aryl methyl sites for hydroxylation is 1. The van der Waals surface area contributed by atoms with Crippen LogP contribution >= 0.6 is 0 Å². The van der Waals surface area contributed by atoms with E-state index in [0.717, 1.165) is 19.1 Å². The maximum atomic E-state index is 12.3. The van der Waals surface area contributed by atoms with Gasteiger partial charge in [-0.05, 0) is 43.9 Å². The molecular weight excluding hydrogens is 388 g/mol. The summed E-state index contributed by atoms with van der Waals surface area (Å²) in [5.41, 5.74) is 1.73. The first kappa shape index (κ1) is 22.7. The zero-order valence-electron chi connectivity index (χ0n) is 17.3. The quantitative estimate of drug-likeness (QED) is 0.607. The van der Waals surface area contributed by atoms with Crippen LogP contribution in [0.4, 0.5) is 5.69 Å². The van der Waals surface area contributed by atoms with Gasteiger partial charge in [0.05, 0.1) is 19.1 Å². The number of para-hydroxylation sites is 2. The van der Waals surface area contributed by atoms with Crippen LogP contribution in [0.3, 0.4) is 0 Å². The molecule has 2 aromatic rings. The Morgan fingerprint density at radius 2 is 1.76 bits per heavy atom. The van der Waals surface area contributed by atoms with Crippen molar-refractivity contribution in [2.24, 2.45) is 0 Å². The van der Waals surface area contributed by atoms with Gasteiger partial charge in [-0.3, -0.25) is 9.10 Å². The molecule has 1 N–H and O–H groups in total. The Labute approximate surface area is 173 Å². The zero-order chi connectivity index (χ0) is 21.3. The average molecular weight is 419 g/mol. The van der Waals surface area contributed by atoms with Crippen LogP contribution in [-0.2, 0) is 21.2 Å². The van der Waals surface area contributed by atoms with Crippen LogP contribution in [0.25, 0.3) is 0 Å². The molecular formula is C22H30N2O4S. The van der Waals surface area contributed by atoms with Crippen molar-refractivity contribution in [1.29, 1.82) is 0 Å². The van der Waals surface area contributed by atoms with E-state index in [-0.39, 0.29) is 24.9 Å². The molecule has 2 rings (SSSR count). The summed E-state index contributed by atoms with van der Waals surface area (Å²) in [7, 11) is -1.99. The minimum Gasteiger partial charge on any atom is -0.495 e. The Hall–Kier alpha value is -2.54. The molecule has 0 aliphatic carbocycles. The first-order valence-electron chi connectivity index (χ1n) is 9.75. The van der Waals surface area contributed by atoms with Gasteiger partial charge >= 0.3 is 0 Å². The lowest BCUT2D eigenvalue weighted by atomic mass is 10.1. The third-order valence-corrected chi connectivity index (χ3v) is 5.82. The van der Waals surface area contributed by atoms with Crippen molar-refractivity contribution >= 4 is 21.6 Å². The van der Waals surface area contributed by atoms with E-state index in [2.05, 4.69) is 17.4 Å². The molecule has 0 fully saturated rings. The summed E-state index contributed by atoms with van der Waals surface area (Å²) in [5.74, 6) is 0.413. The van der Waals surface area contributed by atoms with Crippen molar-refractivity contribution in [2.75, 3.05) is 24.2 Å². The average Bonchev–Trinajstić information content (AvgIpc) is 2.69. The number of sulfonamides is 1. The SMILES string of the molecule is COc1ccccc1N(CCCC(=O)NC(C)CCc1ccccc1)S(C)(=O)=O. The second-order valence-corrected chi connectivity index (χ2v) is 9.01. The predicted molar refractivity (Wildman–Crippen MR) is 117 cm³/mol. The van der Waals surface area contributed by atoms with Crippen molar-refractivity contribution in [3.8, 4) is 5.75 Å². The van der Waals surface area contributed by atoms with E-state index in [9.17, 15) is 13.2 Å². The smallest absolute Gasteiger partial charge is 0.232 e. The van der Waals surface area contributed by atoms with Crippen LogP contribution in [0.1, 0.15) is 31.7 Å². The fraction of sp³-hybridized carbons (Fsp3) is 0.409. The van der Waals surface area contributed by atoms with Crippen molar-refractivity contribution in [3.63, 3.8) is 0 Å². The number of carbonyl (C=O) groups excluding carboxylic acids is 1. The Morgan fingerprint density at radius 3 is 2.41 bits per heavy atom. The van der Waals surface area contributed by atoms with Crippen molar-refractivity contribution in [2.45, 2.75) is 38.6 Å². The molecule has 0 aliphatic heterocycles. The number of benzene rings is 2. The summed E-state index contributed by atoms with van der Waals surface area (Å²) in [6, 6.07) is 17.2. The Balaban J connectivity index is 1.85. The number of anilines is 1. The molecule has 0 spiro atoms. The van der Waals surface area contributed by atoms with Gasteiger partial charge < -0.3 is 10.1 Å². The first-order valence-corrected chi connectivity index (χ1v) is 11.6. The number of hydrogen-bond donors (Lipinski definition) is 1. The zero-order valence-corrected chi connectivity index (χ0v) is 18.1. The normalized spacial score (nSPS) is 12.2. The van der Waals surface area contributed by atoms with E-state index < -0.39 is 10.0 Å². The molecule has 2 aromatic carbocycles. The molecule has 0 saturated carbocycles. The van der Waals surface area contributed by atoms with Crippen molar-refractivity contribution in [3.05, 3.63) is 60.2 Å². The summed E-state index contributed by atoms with van der Waals surface area (Å²) in [4.78, 5) is 12.3. The molecule has 0 aliphatic rings. The second-order valence-electron chi connectivity index (χ2n) is 7.10. The third kappa shape index (κ3) is 7.42. The highest BCUT2D eigenvalue weighted by Gasteiger charge is 2.21. The Kier molecular flexibility index (Phi) is 8.51. The van der Waals surface area contributed by atoms with E-state index in [4.69, 9.17) is 4.74 Å². The molecule has 0 radical (unpaired) electrons. The van der Waals surface area contributed by atoms with Gasteiger partial charge in [0.15, 0.2) is 0 Å². The highest BCUT2D eigenvalue weighted by Crippen LogP contribution is 2.29. The fourth-order valence-corrected chi connectivity index (χ4v) is 4.10. The van der Waals surface area contributed by atoms with Gasteiger partial charge in [0.2, 0.25) is 15.9 Å². The first-order chi connectivity index (χ1) is 13.8. The topological polar surface area (TPSA) is 75.7 Å². The van der Waals surface area contributed by atoms with Gasteiger partial charge in [-0.25, -0.2) is 8.42 Å². The van der Waals surface area contributed by atoms with Gasteiger partial charge in [-0.1, -0.05) is 42.5 Å². The largest absolute Gasteiger partial charge is 0.495 e. The lowest BCUT2D eigenvalue weighted by Crippen LogP contribution is -2.35. The molecule has 6 nitrogen and oxygen atoms in total. The summed E-state index contributed by atoms with van der Waals surface area (Å²) in [6.45, 7) is 2.20. The number of ether oxygens (including phenoxy) is 1. The maximum Gasteiger partial charge on any atom is 0.232 e. The van der Waals surface area contributed by atoms with Crippen LogP contribution in [0.5, 0.6) is 5.75 Å². The molecule has 0 aromatic heterocycles. The van der Waals surface area contributed by atoms with Gasteiger partial charge in [-0.15, -0.1) is 0 Å². The Bertz CT molecular complexity index is 885. The van der Waals surface area contributed by atoms with E-state index in [0.29, 0.717) is 17.9 Å². The van der Waals surface area contributed by atoms with Gasteiger partial charge in [0.1, 0.15) is 5.75 Å². The van der Waals surface area contributed by atoms with Crippen LogP contribution in [0, 0.1) is 0 Å². The Morgan fingerprint density at radius 1 is 1.10 bits per heavy atom. The molecule has 1 atom stereocenters. The third-order valence-electron chi connectivity index (χ3n) is 4.64. The summed E-state index contributed by atoms with van der Waals surface area (Å²) < 4.78 is 31.1. The lowest BCUT2D eigenvalue weighted by Gasteiger charge is -2.24. The molecule has 1 unspecified atom stereocenters. The van der Waals surface area contributed by atoms with Gasteiger partial charge in [0, 0.05) is 19.0 Å². The monoisotopic (exact) mass is 418 g/mol. The fourth-order valence-electron chi connectivity index (χ4n) is 3.13. The number of amides is 1. The minimum absolute atomic E-state index is 0.0583. The van der Waals surface area contributed by atoms with E-state index in [1.807, 2.05) is 25.1 Å². The second kappa shape index (κ2) is 10.9.